The van der Waals surface area contributed by atoms with E-state index in [9.17, 15) is 5.21 Å². The van der Waals surface area contributed by atoms with Gasteiger partial charge in [0.1, 0.15) is 17.3 Å². The first kappa shape index (κ1) is 14.7. The minimum absolute atomic E-state index is 0.593. The molecule has 0 radical (unpaired) electrons. The molecular formula is C21H15N3O2. The van der Waals surface area contributed by atoms with Gasteiger partial charge in [-0.05, 0) is 17.7 Å². The van der Waals surface area contributed by atoms with Gasteiger partial charge in [-0.3, -0.25) is 0 Å². The summed E-state index contributed by atoms with van der Waals surface area (Å²) in [4.78, 5) is 8.13. The minimum atomic E-state index is 0.593. The third-order valence-electron chi connectivity index (χ3n) is 4.82. The van der Waals surface area contributed by atoms with Crippen LogP contribution in [0.5, 0.6) is 5.75 Å². The van der Waals surface area contributed by atoms with Gasteiger partial charge >= 0.3 is 0 Å². The van der Waals surface area contributed by atoms with Gasteiger partial charge in [0.15, 0.2) is 0 Å². The lowest BCUT2D eigenvalue weighted by Crippen LogP contribution is -1.97. The van der Waals surface area contributed by atoms with Crippen LogP contribution in [0.3, 0.4) is 0 Å². The lowest BCUT2D eigenvalue weighted by Gasteiger charge is -2.06. The van der Waals surface area contributed by atoms with Crippen LogP contribution in [-0.2, 0) is 0 Å². The molecule has 0 aliphatic heterocycles. The number of hydrogen-bond donors (Lipinski definition) is 2. The van der Waals surface area contributed by atoms with Crippen LogP contribution >= 0.6 is 0 Å². The summed E-state index contributed by atoms with van der Waals surface area (Å²) < 4.78 is 5.30. The molecule has 3 aromatic carbocycles. The van der Waals surface area contributed by atoms with E-state index >= 15 is 0 Å². The van der Waals surface area contributed by atoms with Crippen LogP contribution in [0.1, 0.15) is 11.1 Å². The molecule has 4 aromatic rings. The van der Waals surface area contributed by atoms with E-state index in [1.54, 1.807) is 7.11 Å². The monoisotopic (exact) mass is 341 g/mol. The zero-order chi connectivity index (χ0) is 17.7. The summed E-state index contributed by atoms with van der Waals surface area (Å²) in [6, 6.07) is 19.7. The van der Waals surface area contributed by atoms with E-state index in [0.29, 0.717) is 5.71 Å². The smallest absolute Gasteiger partial charge is 0.139 e. The van der Waals surface area contributed by atoms with Gasteiger partial charge in [0.05, 0.1) is 18.1 Å². The van der Waals surface area contributed by atoms with Crippen molar-refractivity contribution in [3.63, 3.8) is 0 Å². The molecule has 5 nitrogen and oxygen atoms in total. The first-order valence-corrected chi connectivity index (χ1v) is 8.29. The fraction of sp³-hybridized carbons (Fsp3) is 0.0476. The Bertz CT molecular complexity index is 1190. The molecule has 1 heterocycles. The summed E-state index contributed by atoms with van der Waals surface area (Å²) in [6.07, 6.45) is 0. The third-order valence-corrected chi connectivity index (χ3v) is 4.82. The number of nitrogens with zero attached hydrogens (tertiary/aromatic N) is 2. The lowest BCUT2D eigenvalue weighted by atomic mass is 9.99. The normalized spacial score (nSPS) is 13.8. The van der Waals surface area contributed by atoms with Crippen molar-refractivity contribution in [3.8, 4) is 28.3 Å². The van der Waals surface area contributed by atoms with Crippen LogP contribution in [0.25, 0.3) is 33.5 Å². The van der Waals surface area contributed by atoms with Gasteiger partial charge in [-0.15, -0.1) is 0 Å². The number of aromatic nitrogens is 2. The molecule has 0 amide bonds. The highest BCUT2D eigenvalue weighted by atomic mass is 16.5. The van der Waals surface area contributed by atoms with Crippen LogP contribution < -0.4 is 4.74 Å². The Morgan fingerprint density at radius 3 is 2.50 bits per heavy atom. The summed E-state index contributed by atoms with van der Waals surface area (Å²) in [5.74, 6) is 1.56. The number of fused-ring (bicyclic) bond motifs is 4. The lowest BCUT2D eigenvalue weighted by molar-refractivity contribution is 0.320. The van der Waals surface area contributed by atoms with Gasteiger partial charge in [-0.1, -0.05) is 47.6 Å². The van der Waals surface area contributed by atoms with Gasteiger partial charge in [0.2, 0.25) is 0 Å². The van der Waals surface area contributed by atoms with E-state index in [4.69, 9.17) is 9.72 Å². The fourth-order valence-corrected chi connectivity index (χ4v) is 3.64. The summed E-state index contributed by atoms with van der Waals surface area (Å²) in [5, 5.41) is 13.1. The second-order valence-corrected chi connectivity index (χ2v) is 6.19. The van der Waals surface area contributed by atoms with E-state index in [2.05, 4.69) is 10.1 Å². The first-order chi connectivity index (χ1) is 12.8. The number of aromatic amines is 1. The van der Waals surface area contributed by atoms with Crippen molar-refractivity contribution < 1.29 is 9.94 Å². The summed E-state index contributed by atoms with van der Waals surface area (Å²) in [6.45, 7) is 0. The molecule has 0 saturated heterocycles. The maximum absolute atomic E-state index is 9.54. The Kier molecular flexibility index (Phi) is 3.09. The topological polar surface area (TPSA) is 70.5 Å². The van der Waals surface area contributed by atoms with Crippen LogP contribution in [0.4, 0.5) is 0 Å². The quantitative estimate of drug-likeness (QED) is 0.368. The van der Waals surface area contributed by atoms with E-state index in [1.165, 1.54) is 0 Å². The van der Waals surface area contributed by atoms with Crippen molar-refractivity contribution in [2.24, 2.45) is 5.16 Å². The van der Waals surface area contributed by atoms with Crippen molar-refractivity contribution in [2.45, 2.75) is 0 Å². The number of nitrogens with one attached hydrogen (secondary N) is 1. The molecule has 5 heteroatoms. The predicted octanol–water partition coefficient (Wildman–Crippen LogP) is 4.45. The third kappa shape index (κ3) is 1.97. The van der Waals surface area contributed by atoms with E-state index in [1.807, 2.05) is 60.7 Å². The zero-order valence-electron chi connectivity index (χ0n) is 14.0. The number of methoxy groups -OCH3 is 1. The summed E-state index contributed by atoms with van der Waals surface area (Å²) in [5.41, 5.74) is 7.27. The van der Waals surface area contributed by atoms with Gasteiger partial charge < -0.3 is 14.9 Å². The van der Waals surface area contributed by atoms with E-state index in [0.717, 1.165) is 50.4 Å². The molecule has 0 saturated carbocycles. The van der Waals surface area contributed by atoms with E-state index < -0.39 is 0 Å². The van der Waals surface area contributed by atoms with Crippen LogP contribution in [0.2, 0.25) is 0 Å². The number of hydrogen-bond acceptors (Lipinski definition) is 4. The molecule has 2 N–H and O–H groups in total. The Morgan fingerprint density at radius 1 is 0.923 bits per heavy atom. The van der Waals surface area contributed by atoms with Crippen molar-refractivity contribution in [1.82, 2.24) is 9.97 Å². The first-order valence-electron chi connectivity index (χ1n) is 8.29. The average molecular weight is 341 g/mol. The number of H-pyrrole nitrogens is 1. The average Bonchev–Trinajstić information content (AvgIpc) is 3.25. The molecule has 0 atom stereocenters. The van der Waals surface area contributed by atoms with Crippen molar-refractivity contribution >= 4 is 16.7 Å². The van der Waals surface area contributed by atoms with E-state index in [-0.39, 0.29) is 0 Å². The van der Waals surface area contributed by atoms with Crippen LogP contribution in [0, 0.1) is 0 Å². The van der Waals surface area contributed by atoms with Crippen LogP contribution in [-0.4, -0.2) is 28.0 Å². The van der Waals surface area contributed by atoms with Crippen LogP contribution in [0.15, 0.2) is 65.8 Å². The summed E-state index contributed by atoms with van der Waals surface area (Å²) >= 11 is 0. The Hall–Kier alpha value is -3.60. The maximum Gasteiger partial charge on any atom is 0.139 e. The Labute approximate surface area is 149 Å². The molecule has 0 bridgehead atoms. The number of ether oxygens (including phenoxy) is 1. The standard InChI is InChI=1S/C21H15N3O2/c1-26-12-9-10-17-18(11-12)23-21(22-17)16-8-4-7-15-19(16)13-5-2-3-6-14(13)20(15)24-25/h2-11,25H,1H3,(H,22,23). The van der Waals surface area contributed by atoms with Gasteiger partial charge in [0.25, 0.3) is 0 Å². The van der Waals surface area contributed by atoms with Gasteiger partial charge in [-0.25, -0.2) is 4.98 Å². The van der Waals surface area contributed by atoms with Crippen molar-refractivity contribution in [2.75, 3.05) is 7.11 Å². The molecule has 0 spiro atoms. The molecule has 0 fully saturated rings. The molecule has 1 aromatic heterocycles. The van der Waals surface area contributed by atoms with Gasteiger partial charge in [0, 0.05) is 28.3 Å². The SMILES string of the molecule is COc1ccc2nc(-c3cccc4c3-c3ccccc3C4=NO)[nH]c2c1. The zero-order valence-corrected chi connectivity index (χ0v) is 14.0. The number of oxime groups is 1. The molecule has 5 rings (SSSR count). The highest BCUT2D eigenvalue weighted by Crippen LogP contribution is 2.42. The minimum Gasteiger partial charge on any atom is -0.497 e. The molecule has 126 valence electrons. The number of benzene rings is 3. The highest BCUT2D eigenvalue weighted by Gasteiger charge is 2.28. The fourth-order valence-electron chi connectivity index (χ4n) is 3.64. The largest absolute Gasteiger partial charge is 0.497 e. The van der Waals surface area contributed by atoms with Crippen molar-refractivity contribution in [3.05, 3.63) is 71.8 Å². The molecule has 0 unspecified atom stereocenters. The molecular weight excluding hydrogens is 326 g/mol. The summed E-state index contributed by atoms with van der Waals surface area (Å²) in [7, 11) is 1.65. The van der Waals surface area contributed by atoms with Gasteiger partial charge in [-0.2, -0.15) is 0 Å². The van der Waals surface area contributed by atoms with Crippen molar-refractivity contribution in [1.29, 1.82) is 0 Å². The molecule has 26 heavy (non-hydrogen) atoms. The predicted molar refractivity (Wildman–Crippen MR) is 101 cm³/mol. The maximum atomic E-state index is 9.54. The number of rotatable bonds is 2. The second-order valence-electron chi connectivity index (χ2n) is 6.19. The second kappa shape index (κ2) is 5.46. The highest BCUT2D eigenvalue weighted by molar-refractivity contribution is 6.26. The molecule has 1 aliphatic carbocycles. The molecule has 1 aliphatic rings. The number of imidazole rings is 1. The Balaban J connectivity index is 1.78. The Morgan fingerprint density at radius 2 is 1.69 bits per heavy atom.